The van der Waals surface area contributed by atoms with Crippen LogP contribution in [0.1, 0.15) is 50.8 Å². The summed E-state index contributed by atoms with van der Waals surface area (Å²) in [5.74, 6) is 1.58. The minimum atomic E-state index is -0.0139. The second-order valence-electron chi connectivity index (χ2n) is 6.05. The molecule has 0 amide bonds. The Morgan fingerprint density at radius 2 is 1.83 bits per heavy atom. The van der Waals surface area contributed by atoms with E-state index in [1.807, 2.05) is 0 Å². The molecule has 18 heavy (non-hydrogen) atoms. The van der Waals surface area contributed by atoms with Gasteiger partial charge in [0.15, 0.2) is 0 Å². The summed E-state index contributed by atoms with van der Waals surface area (Å²) in [6, 6.07) is 0. The number of hydrogen-bond acceptors (Lipinski definition) is 3. The highest BCUT2D eigenvalue weighted by Crippen LogP contribution is 2.28. The van der Waals surface area contributed by atoms with Crippen molar-refractivity contribution in [1.29, 1.82) is 0 Å². The molecule has 0 bridgehead atoms. The summed E-state index contributed by atoms with van der Waals surface area (Å²) in [6.07, 6.45) is 0. The van der Waals surface area contributed by atoms with Crippen molar-refractivity contribution in [2.24, 2.45) is 0 Å². The summed E-state index contributed by atoms with van der Waals surface area (Å²) in [7, 11) is 0. The van der Waals surface area contributed by atoms with E-state index in [9.17, 15) is 0 Å². The molecule has 1 fully saturated rings. The molecule has 2 N–H and O–H groups in total. The Morgan fingerprint density at radius 3 is 2.33 bits per heavy atom. The minimum absolute atomic E-state index is 0.0139. The minimum Gasteiger partial charge on any atom is -0.344 e. The second-order valence-corrected chi connectivity index (χ2v) is 6.05. The van der Waals surface area contributed by atoms with Crippen molar-refractivity contribution in [3.05, 3.63) is 17.2 Å². The molecule has 102 valence electrons. The first-order chi connectivity index (χ1) is 8.43. The summed E-state index contributed by atoms with van der Waals surface area (Å²) in [4.78, 5) is 10.8. The number of piperazine rings is 1. The lowest BCUT2D eigenvalue weighted by Crippen LogP contribution is -2.52. The van der Waals surface area contributed by atoms with E-state index in [-0.39, 0.29) is 5.54 Å². The van der Waals surface area contributed by atoms with E-state index in [1.54, 1.807) is 0 Å². The molecule has 4 nitrogen and oxygen atoms in total. The molecule has 0 saturated carbocycles. The summed E-state index contributed by atoms with van der Waals surface area (Å²) < 4.78 is 0. The van der Waals surface area contributed by atoms with Gasteiger partial charge in [-0.05, 0) is 26.7 Å². The van der Waals surface area contributed by atoms with Crippen molar-refractivity contribution in [3.63, 3.8) is 0 Å². The van der Waals surface area contributed by atoms with Gasteiger partial charge in [-0.25, -0.2) is 4.98 Å². The molecule has 1 aliphatic heterocycles. The number of H-pyrrole nitrogens is 1. The van der Waals surface area contributed by atoms with Crippen LogP contribution in [0.4, 0.5) is 0 Å². The Labute approximate surface area is 110 Å². The molecule has 1 aliphatic rings. The van der Waals surface area contributed by atoms with E-state index < -0.39 is 0 Å². The fourth-order valence-electron chi connectivity index (χ4n) is 2.70. The van der Waals surface area contributed by atoms with Crippen LogP contribution in [0.2, 0.25) is 0 Å². The van der Waals surface area contributed by atoms with Crippen molar-refractivity contribution in [3.8, 4) is 0 Å². The third-order valence-electron chi connectivity index (χ3n) is 3.96. The van der Waals surface area contributed by atoms with Crippen molar-refractivity contribution in [1.82, 2.24) is 20.2 Å². The van der Waals surface area contributed by atoms with Crippen molar-refractivity contribution in [2.75, 3.05) is 26.2 Å². The van der Waals surface area contributed by atoms with Gasteiger partial charge in [0.05, 0.1) is 11.2 Å². The molecule has 4 heteroatoms. The van der Waals surface area contributed by atoms with Gasteiger partial charge >= 0.3 is 0 Å². The van der Waals surface area contributed by atoms with Crippen LogP contribution in [-0.4, -0.2) is 41.0 Å². The van der Waals surface area contributed by atoms with Crippen molar-refractivity contribution >= 4 is 0 Å². The average molecular weight is 250 g/mol. The zero-order valence-electron chi connectivity index (χ0n) is 12.3. The lowest BCUT2D eigenvalue weighted by molar-refractivity contribution is 0.0954. The SMILES string of the molecule is Cc1[nH]c(C(C)(C)N2CCNCC2)nc1C(C)C. The highest BCUT2D eigenvalue weighted by molar-refractivity contribution is 5.20. The molecule has 0 aliphatic carbocycles. The van der Waals surface area contributed by atoms with Crippen LogP contribution in [0.3, 0.4) is 0 Å². The van der Waals surface area contributed by atoms with Crippen LogP contribution in [0.15, 0.2) is 0 Å². The number of aromatic amines is 1. The molecule has 0 atom stereocenters. The number of hydrogen-bond donors (Lipinski definition) is 2. The van der Waals surface area contributed by atoms with Crippen molar-refractivity contribution < 1.29 is 0 Å². The number of nitrogens with one attached hydrogen (secondary N) is 2. The fraction of sp³-hybridized carbons (Fsp3) is 0.786. The second kappa shape index (κ2) is 5.02. The molecule has 1 aromatic rings. The zero-order valence-corrected chi connectivity index (χ0v) is 12.3. The molecule has 0 spiro atoms. The third-order valence-corrected chi connectivity index (χ3v) is 3.96. The fourth-order valence-corrected chi connectivity index (χ4v) is 2.70. The van der Waals surface area contributed by atoms with Gasteiger partial charge in [-0.1, -0.05) is 13.8 Å². The third kappa shape index (κ3) is 2.45. The smallest absolute Gasteiger partial charge is 0.126 e. The lowest BCUT2D eigenvalue weighted by Gasteiger charge is -2.39. The highest BCUT2D eigenvalue weighted by Gasteiger charge is 2.33. The first-order valence-corrected chi connectivity index (χ1v) is 6.95. The highest BCUT2D eigenvalue weighted by atomic mass is 15.3. The Balaban J connectivity index is 2.25. The monoisotopic (exact) mass is 250 g/mol. The van der Waals surface area contributed by atoms with Crippen LogP contribution in [0.25, 0.3) is 0 Å². The van der Waals surface area contributed by atoms with Crippen LogP contribution >= 0.6 is 0 Å². The van der Waals surface area contributed by atoms with Crippen LogP contribution in [-0.2, 0) is 5.54 Å². The normalized spacial score (nSPS) is 18.6. The molecular weight excluding hydrogens is 224 g/mol. The predicted octanol–water partition coefficient (Wildman–Crippen LogP) is 1.98. The zero-order chi connectivity index (χ0) is 13.3. The maximum Gasteiger partial charge on any atom is 0.126 e. The van der Waals surface area contributed by atoms with Crippen LogP contribution in [0, 0.1) is 6.92 Å². The Hall–Kier alpha value is -0.870. The molecule has 1 aromatic heterocycles. The number of nitrogens with zero attached hydrogens (tertiary/aromatic N) is 2. The molecule has 2 rings (SSSR count). The quantitative estimate of drug-likeness (QED) is 0.862. The first-order valence-electron chi connectivity index (χ1n) is 6.95. The average Bonchev–Trinajstić information content (AvgIpc) is 2.73. The van der Waals surface area contributed by atoms with Crippen LogP contribution < -0.4 is 5.32 Å². The van der Waals surface area contributed by atoms with Gasteiger partial charge in [-0.3, -0.25) is 4.90 Å². The molecule has 0 radical (unpaired) electrons. The number of aromatic nitrogens is 2. The number of imidazole rings is 1. The summed E-state index contributed by atoms with van der Waals surface area (Å²) >= 11 is 0. The van der Waals surface area contributed by atoms with Gasteiger partial charge in [0, 0.05) is 31.9 Å². The molecule has 2 heterocycles. The van der Waals surface area contributed by atoms with Gasteiger partial charge in [0.2, 0.25) is 0 Å². The molecular formula is C14H26N4. The van der Waals surface area contributed by atoms with Crippen LogP contribution in [0.5, 0.6) is 0 Å². The van der Waals surface area contributed by atoms with E-state index in [4.69, 9.17) is 4.98 Å². The number of rotatable bonds is 3. The van der Waals surface area contributed by atoms with Crippen molar-refractivity contribution in [2.45, 2.75) is 46.1 Å². The standard InChI is InChI=1S/C14H26N4/c1-10(2)12-11(3)16-13(17-12)14(4,5)18-8-6-15-7-9-18/h10,15H,6-9H2,1-5H3,(H,16,17). The molecule has 1 saturated heterocycles. The molecule has 0 unspecified atom stereocenters. The summed E-state index contributed by atoms with van der Waals surface area (Å²) in [5.41, 5.74) is 2.40. The topological polar surface area (TPSA) is 44.0 Å². The maximum atomic E-state index is 4.84. The van der Waals surface area contributed by atoms with Gasteiger partial charge in [0.1, 0.15) is 5.82 Å². The van der Waals surface area contributed by atoms with E-state index in [0.717, 1.165) is 32.0 Å². The van der Waals surface area contributed by atoms with E-state index >= 15 is 0 Å². The Bertz CT molecular complexity index is 400. The predicted molar refractivity (Wildman–Crippen MR) is 74.9 cm³/mol. The van der Waals surface area contributed by atoms with Gasteiger partial charge in [-0.15, -0.1) is 0 Å². The number of aryl methyl sites for hydroxylation is 1. The Morgan fingerprint density at radius 1 is 1.22 bits per heavy atom. The van der Waals surface area contributed by atoms with E-state index in [0.29, 0.717) is 5.92 Å². The van der Waals surface area contributed by atoms with E-state index in [2.05, 4.69) is 49.8 Å². The lowest BCUT2D eigenvalue weighted by atomic mass is 10.0. The van der Waals surface area contributed by atoms with E-state index in [1.165, 1.54) is 11.4 Å². The molecule has 0 aromatic carbocycles. The largest absolute Gasteiger partial charge is 0.344 e. The maximum absolute atomic E-state index is 4.84. The Kier molecular flexibility index (Phi) is 3.78. The first kappa shape index (κ1) is 13.6. The summed E-state index contributed by atoms with van der Waals surface area (Å²) in [5, 5.41) is 3.40. The van der Waals surface area contributed by atoms with Gasteiger partial charge in [0.25, 0.3) is 0 Å². The summed E-state index contributed by atoms with van der Waals surface area (Å²) in [6.45, 7) is 15.4. The van der Waals surface area contributed by atoms with Gasteiger partial charge in [-0.2, -0.15) is 0 Å². The van der Waals surface area contributed by atoms with Gasteiger partial charge < -0.3 is 10.3 Å².